The molecule has 25 heavy (non-hydrogen) atoms. The summed E-state index contributed by atoms with van der Waals surface area (Å²) in [6.45, 7) is 5.49. The molecule has 0 bridgehead atoms. The summed E-state index contributed by atoms with van der Waals surface area (Å²) in [5.41, 5.74) is 1.69. The van der Waals surface area contributed by atoms with E-state index in [1.165, 1.54) is 6.07 Å². The van der Waals surface area contributed by atoms with Crippen molar-refractivity contribution in [1.29, 1.82) is 0 Å². The first-order chi connectivity index (χ1) is 12.0. The number of nitrogens with zero attached hydrogens (tertiary/aromatic N) is 3. The highest BCUT2D eigenvalue weighted by molar-refractivity contribution is 6.08. The molecule has 130 valence electrons. The van der Waals surface area contributed by atoms with E-state index in [-0.39, 0.29) is 11.3 Å². The predicted molar refractivity (Wildman–Crippen MR) is 96.2 cm³/mol. The normalized spacial score (nSPS) is 13.8. The Morgan fingerprint density at radius 2 is 1.92 bits per heavy atom. The van der Waals surface area contributed by atoms with Crippen molar-refractivity contribution in [2.75, 3.05) is 23.3 Å². The van der Waals surface area contributed by atoms with Crippen LogP contribution in [-0.4, -0.2) is 28.9 Å². The molecule has 0 atom stereocenters. The third-order valence-corrected chi connectivity index (χ3v) is 4.42. The van der Waals surface area contributed by atoms with E-state index in [0.29, 0.717) is 16.9 Å². The molecule has 0 spiro atoms. The van der Waals surface area contributed by atoms with Gasteiger partial charge in [-0.3, -0.25) is 14.9 Å². The van der Waals surface area contributed by atoms with Gasteiger partial charge in [0.2, 0.25) is 0 Å². The van der Waals surface area contributed by atoms with Gasteiger partial charge in [0.25, 0.3) is 11.6 Å². The Balaban J connectivity index is 1.85. The minimum absolute atomic E-state index is 0.0792. The van der Waals surface area contributed by atoms with Crippen molar-refractivity contribution in [3.05, 3.63) is 57.3 Å². The first kappa shape index (κ1) is 16.9. The molecular formula is C18H20N4O3. The van der Waals surface area contributed by atoms with E-state index in [1.807, 2.05) is 13.0 Å². The number of carbonyl (C=O) groups excluding carboxylic acids is 1. The Hall–Kier alpha value is -2.96. The van der Waals surface area contributed by atoms with E-state index in [0.717, 1.165) is 31.7 Å². The van der Waals surface area contributed by atoms with E-state index in [2.05, 4.69) is 15.2 Å². The molecule has 3 rings (SSSR count). The number of aromatic nitrogens is 1. The van der Waals surface area contributed by atoms with Crippen LogP contribution in [0.25, 0.3) is 0 Å². The number of pyridine rings is 1. The van der Waals surface area contributed by atoms with Gasteiger partial charge in [0.05, 0.1) is 16.3 Å². The van der Waals surface area contributed by atoms with Crippen molar-refractivity contribution < 1.29 is 9.72 Å². The van der Waals surface area contributed by atoms with Crippen molar-refractivity contribution in [3.63, 3.8) is 0 Å². The average molecular weight is 340 g/mol. The second-order valence-corrected chi connectivity index (χ2v) is 6.18. The van der Waals surface area contributed by atoms with Gasteiger partial charge in [-0.25, -0.2) is 4.98 Å². The topological polar surface area (TPSA) is 88.4 Å². The first-order valence-corrected chi connectivity index (χ1v) is 8.25. The molecular weight excluding hydrogens is 320 g/mol. The summed E-state index contributed by atoms with van der Waals surface area (Å²) >= 11 is 0. The summed E-state index contributed by atoms with van der Waals surface area (Å²) in [6.07, 6.45) is 2.33. The summed E-state index contributed by atoms with van der Waals surface area (Å²) in [5.74, 6) is 0.401. The molecule has 1 aliphatic heterocycles. The van der Waals surface area contributed by atoms with Crippen molar-refractivity contribution >= 4 is 23.1 Å². The van der Waals surface area contributed by atoms with Crippen LogP contribution in [0.2, 0.25) is 0 Å². The fourth-order valence-corrected chi connectivity index (χ4v) is 3.09. The molecule has 0 aliphatic carbocycles. The molecule has 1 aromatic heterocycles. The number of rotatable bonds is 4. The average Bonchev–Trinajstić information content (AvgIpc) is 3.10. The van der Waals surface area contributed by atoms with Crippen LogP contribution in [0.3, 0.4) is 0 Å². The van der Waals surface area contributed by atoms with Gasteiger partial charge in [-0.05, 0) is 44.4 Å². The highest BCUT2D eigenvalue weighted by Gasteiger charge is 2.23. The van der Waals surface area contributed by atoms with Crippen LogP contribution < -0.4 is 10.2 Å². The molecule has 2 heterocycles. The minimum Gasteiger partial charge on any atom is -0.357 e. The number of hydrogen-bond acceptors (Lipinski definition) is 5. The number of aryl methyl sites for hydroxylation is 2. The predicted octanol–water partition coefficient (Wildman–Crippen LogP) is 3.46. The molecule has 1 aromatic carbocycles. The largest absolute Gasteiger partial charge is 0.357 e. The van der Waals surface area contributed by atoms with Crippen LogP contribution in [0.4, 0.5) is 17.2 Å². The third-order valence-electron chi connectivity index (χ3n) is 4.42. The van der Waals surface area contributed by atoms with Crippen molar-refractivity contribution in [2.24, 2.45) is 0 Å². The summed E-state index contributed by atoms with van der Waals surface area (Å²) < 4.78 is 0. The fourth-order valence-electron chi connectivity index (χ4n) is 3.09. The number of carbonyl (C=O) groups is 1. The van der Waals surface area contributed by atoms with Gasteiger partial charge in [0.1, 0.15) is 11.4 Å². The molecule has 7 heteroatoms. The summed E-state index contributed by atoms with van der Waals surface area (Å²) in [5, 5.41) is 14.0. The van der Waals surface area contributed by atoms with E-state index in [1.54, 1.807) is 25.1 Å². The maximum Gasteiger partial charge on any atom is 0.282 e. The smallest absolute Gasteiger partial charge is 0.282 e. The maximum atomic E-state index is 12.6. The minimum atomic E-state index is -0.538. The van der Waals surface area contributed by atoms with Gasteiger partial charge in [0, 0.05) is 19.2 Å². The van der Waals surface area contributed by atoms with Gasteiger partial charge in [-0.15, -0.1) is 0 Å². The number of amides is 1. The zero-order valence-electron chi connectivity index (χ0n) is 14.3. The van der Waals surface area contributed by atoms with Crippen LogP contribution in [0.15, 0.2) is 30.3 Å². The maximum absolute atomic E-state index is 12.6. The number of nitrogens with one attached hydrogen (secondary N) is 1. The third kappa shape index (κ3) is 3.45. The fraction of sp³-hybridized carbons (Fsp3) is 0.333. The van der Waals surface area contributed by atoms with Crippen LogP contribution in [0, 0.1) is 24.0 Å². The zero-order chi connectivity index (χ0) is 18.0. The van der Waals surface area contributed by atoms with Gasteiger partial charge in [-0.2, -0.15) is 0 Å². The molecule has 7 nitrogen and oxygen atoms in total. The number of hydrogen-bond donors (Lipinski definition) is 1. The summed E-state index contributed by atoms with van der Waals surface area (Å²) in [4.78, 5) is 30.0. The Kier molecular flexibility index (Phi) is 4.65. The Bertz CT molecular complexity index is 829. The van der Waals surface area contributed by atoms with Crippen molar-refractivity contribution in [3.8, 4) is 0 Å². The lowest BCUT2D eigenvalue weighted by atomic mass is 10.1. The van der Waals surface area contributed by atoms with E-state index < -0.39 is 10.8 Å². The van der Waals surface area contributed by atoms with Gasteiger partial charge in [0.15, 0.2) is 0 Å². The number of nitro groups is 1. The molecule has 2 aromatic rings. The Morgan fingerprint density at radius 1 is 1.20 bits per heavy atom. The molecule has 0 radical (unpaired) electrons. The van der Waals surface area contributed by atoms with Crippen LogP contribution in [0.5, 0.6) is 0 Å². The van der Waals surface area contributed by atoms with E-state index >= 15 is 0 Å². The van der Waals surface area contributed by atoms with Crippen molar-refractivity contribution in [1.82, 2.24) is 4.98 Å². The lowest BCUT2D eigenvalue weighted by Gasteiger charge is -2.18. The quantitative estimate of drug-likeness (QED) is 0.680. The molecule has 0 saturated carbocycles. The van der Waals surface area contributed by atoms with Crippen molar-refractivity contribution in [2.45, 2.75) is 26.7 Å². The second kappa shape index (κ2) is 6.88. The van der Waals surface area contributed by atoms with E-state index in [9.17, 15) is 14.9 Å². The van der Waals surface area contributed by atoms with Gasteiger partial charge >= 0.3 is 0 Å². The lowest BCUT2D eigenvalue weighted by molar-refractivity contribution is -0.385. The van der Waals surface area contributed by atoms with Crippen LogP contribution >= 0.6 is 0 Å². The summed E-state index contributed by atoms with van der Waals surface area (Å²) in [7, 11) is 0. The van der Waals surface area contributed by atoms with Gasteiger partial charge in [-0.1, -0.05) is 12.1 Å². The Labute approximate surface area is 145 Å². The SMILES string of the molecule is Cc1cccc([N+](=O)[O-])c1C(=O)Nc1ccc(N2CCCC2)nc1C. The first-order valence-electron chi connectivity index (χ1n) is 8.25. The van der Waals surface area contributed by atoms with E-state index in [4.69, 9.17) is 0 Å². The zero-order valence-corrected chi connectivity index (χ0v) is 14.3. The summed E-state index contributed by atoms with van der Waals surface area (Å²) in [6, 6.07) is 8.27. The molecule has 1 N–H and O–H groups in total. The Morgan fingerprint density at radius 3 is 2.56 bits per heavy atom. The molecule has 0 unspecified atom stereocenters. The number of nitro benzene ring substituents is 1. The number of benzene rings is 1. The van der Waals surface area contributed by atoms with Gasteiger partial charge < -0.3 is 10.2 Å². The molecule has 1 aliphatic rings. The lowest BCUT2D eigenvalue weighted by Crippen LogP contribution is -2.20. The monoisotopic (exact) mass is 340 g/mol. The number of anilines is 2. The molecule has 1 saturated heterocycles. The van der Waals surface area contributed by atoms with Crippen LogP contribution in [0.1, 0.15) is 34.5 Å². The highest BCUT2D eigenvalue weighted by Crippen LogP contribution is 2.25. The van der Waals surface area contributed by atoms with Crippen LogP contribution in [-0.2, 0) is 0 Å². The molecule has 1 fully saturated rings. The standard InChI is InChI=1S/C18H20N4O3/c1-12-6-5-7-15(22(24)25)17(12)18(23)20-14-8-9-16(19-13(14)2)21-10-3-4-11-21/h5-9H,3-4,10-11H2,1-2H3,(H,20,23). The second-order valence-electron chi connectivity index (χ2n) is 6.18. The highest BCUT2D eigenvalue weighted by atomic mass is 16.6. The molecule has 1 amide bonds.